The summed E-state index contributed by atoms with van der Waals surface area (Å²) in [4.78, 5) is 61.0. The standard InChI is InChI=1S/C23H30O12/c1-11(24)31-10-15-17-16(32-12(2)25)9-21(6,34-14(4)27)22(30)8-7-20(5,29)19(33-13(3)26)23(17,22)35-18(15)28/h16,19,29-30H,7-10H2,1-6H3/t16-,19-,20+,21+,22-,23-/m0/s1. The van der Waals surface area contributed by atoms with Crippen molar-refractivity contribution in [2.24, 2.45) is 0 Å². The largest absolute Gasteiger partial charge is 0.461 e. The summed E-state index contributed by atoms with van der Waals surface area (Å²) in [5.41, 5.74) is -8.62. The summed E-state index contributed by atoms with van der Waals surface area (Å²) in [5, 5.41) is 23.5. The highest BCUT2D eigenvalue weighted by molar-refractivity contribution is 5.95. The zero-order chi connectivity index (χ0) is 26.6. The van der Waals surface area contributed by atoms with Gasteiger partial charge >= 0.3 is 29.8 Å². The van der Waals surface area contributed by atoms with Gasteiger partial charge in [-0.05, 0) is 26.7 Å². The SMILES string of the molecule is CC(=O)OCC1=C2[C@@H](OC(C)=O)C[C@@](C)(OC(C)=O)[C@@]3(O)CC[C@@](C)(O)[C@H](OC(C)=O)[C@@]23OC1=O. The van der Waals surface area contributed by atoms with E-state index in [2.05, 4.69) is 0 Å². The Morgan fingerprint density at radius 2 is 1.54 bits per heavy atom. The minimum Gasteiger partial charge on any atom is -0.461 e. The second-order valence-corrected chi connectivity index (χ2v) is 9.63. The van der Waals surface area contributed by atoms with Crippen LogP contribution in [0.2, 0.25) is 0 Å². The van der Waals surface area contributed by atoms with Gasteiger partial charge in [-0.25, -0.2) is 4.79 Å². The van der Waals surface area contributed by atoms with Crippen LogP contribution in [0, 0.1) is 0 Å². The average molecular weight is 498 g/mol. The molecule has 2 aliphatic carbocycles. The van der Waals surface area contributed by atoms with Gasteiger partial charge in [-0.3, -0.25) is 19.2 Å². The summed E-state index contributed by atoms with van der Waals surface area (Å²) in [5.74, 6) is -4.18. The van der Waals surface area contributed by atoms with E-state index in [4.69, 9.17) is 23.7 Å². The van der Waals surface area contributed by atoms with Crippen molar-refractivity contribution in [1.82, 2.24) is 0 Å². The van der Waals surface area contributed by atoms with Crippen LogP contribution >= 0.6 is 0 Å². The van der Waals surface area contributed by atoms with Crippen molar-refractivity contribution in [3.63, 3.8) is 0 Å². The molecule has 2 fully saturated rings. The first-order chi connectivity index (χ1) is 16.0. The van der Waals surface area contributed by atoms with Crippen molar-refractivity contribution < 1.29 is 57.9 Å². The van der Waals surface area contributed by atoms with Crippen molar-refractivity contribution in [2.45, 2.75) is 95.4 Å². The van der Waals surface area contributed by atoms with E-state index >= 15 is 0 Å². The molecular weight excluding hydrogens is 468 g/mol. The average Bonchev–Trinajstić information content (AvgIpc) is 2.98. The molecule has 1 spiro atoms. The van der Waals surface area contributed by atoms with Gasteiger partial charge in [-0.15, -0.1) is 0 Å². The van der Waals surface area contributed by atoms with Crippen LogP contribution in [0.1, 0.15) is 60.8 Å². The van der Waals surface area contributed by atoms with Crippen molar-refractivity contribution in [3.8, 4) is 0 Å². The second kappa shape index (κ2) is 8.59. The molecule has 1 heterocycles. The van der Waals surface area contributed by atoms with Crippen LogP contribution in [0.3, 0.4) is 0 Å². The number of hydrogen-bond acceptors (Lipinski definition) is 12. The number of aliphatic hydroxyl groups is 2. The lowest BCUT2D eigenvalue weighted by molar-refractivity contribution is -0.324. The number of hydrogen-bond donors (Lipinski definition) is 2. The van der Waals surface area contributed by atoms with Gasteiger partial charge in [0, 0.05) is 39.7 Å². The van der Waals surface area contributed by atoms with Gasteiger partial charge in [0.25, 0.3) is 0 Å². The quantitative estimate of drug-likeness (QED) is 0.385. The molecule has 0 bridgehead atoms. The third-order valence-corrected chi connectivity index (χ3v) is 6.92. The van der Waals surface area contributed by atoms with Crippen LogP contribution in [0.4, 0.5) is 0 Å². The molecule has 0 radical (unpaired) electrons. The van der Waals surface area contributed by atoms with Crippen LogP contribution in [-0.2, 0) is 47.7 Å². The molecule has 0 amide bonds. The van der Waals surface area contributed by atoms with Gasteiger partial charge in [0.1, 0.15) is 23.9 Å². The van der Waals surface area contributed by atoms with Gasteiger partial charge in [0.15, 0.2) is 11.7 Å². The van der Waals surface area contributed by atoms with E-state index in [0.29, 0.717) is 0 Å². The first-order valence-electron chi connectivity index (χ1n) is 11.1. The molecule has 12 heteroatoms. The maximum Gasteiger partial charge on any atom is 0.338 e. The van der Waals surface area contributed by atoms with Crippen molar-refractivity contribution in [3.05, 3.63) is 11.1 Å². The van der Waals surface area contributed by atoms with E-state index in [1.807, 2.05) is 0 Å². The lowest BCUT2D eigenvalue weighted by Gasteiger charge is -2.63. The molecular formula is C23H30O12. The predicted octanol–water partition coefficient (Wildman–Crippen LogP) is 0.00650. The third-order valence-electron chi connectivity index (χ3n) is 6.92. The molecule has 0 aromatic heterocycles. The molecule has 12 nitrogen and oxygen atoms in total. The summed E-state index contributed by atoms with van der Waals surface area (Å²) in [6.07, 6.45) is -3.72. The Bertz CT molecular complexity index is 1010. The lowest BCUT2D eigenvalue weighted by atomic mass is 9.51. The summed E-state index contributed by atoms with van der Waals surface area (Å²) >= 11 is 0. The minimum absolute atomic E-state index is 0.127. The highest BCUT2D eigenvalue weighted by Gasteiger charge is 2.81. The van der Waals surface area contributed by atoms with E-state index in [9.17, 15) is 34.2 Å². The third kappa shape index (κ3) is 4.08. The van der Waals surface area contributed by atoms with Crippen molar-refractivity contribution in [1.29, 1.82) is 0 Å². The van der Waals surface area contributed by atoms with Gasteiger partial charge in [0.05, 0.1) is 5.57 Å². The fourth-order valence-corrected chi connectivity index (χ4v) is 5.65. The maximum absolute atomic E-state index is 13.2. The topological polar surface area (TPSA) is 172 Å². The highest BCUT2D eigenvalue weighted by atomic mass is 16.6. The monoisotopic (exact) mass is 498 g/mol. The van der Waals surface area contributed by atoms with Gasteiger partial charge < -0.3 is 33.9 Å². The number of carbonyl (C=O) groups excluding carboxylic acids is 5. The molecule has 0 aromatic carbocycles. The smallest absolute Gasteiger partial charge is 0.338 e. The fraction of sp³-hybridized carbons (Fsp3) is 0.696. The second-order valence-electron chi connectivity index (χ2n) is 9.63. The van der Waals surface area contributed by atoms with Crippen LogP contribution in [0.15, 0.2) is 11.1 Å². The molecule has 2 N–H and O–H groups in total. The normalized spacial score (nSPS) is 38.0. The Kier molecular flexibility index (Phi) is 6.53. The molecule has 194 valence electrons. The number of carbonyl (C=O) groups is 5. The van der Waals surface area contributed by atoms with E-state index in [0.717, 1.165) is 27.7 Å². The minimum atomic E-state index is -2.34. The summed E-state index contributed by atoms with van der Waals surface area (Å²) in [6, 6.07) is 0. The van der Waals surface area contributed by atoms with Crippen molar-refractivity contribution in [2.75, 3.05) is 6.61 Å². The summed E-state index contributed by atoms with van der Waals surface area (Å²) in [6.45, 7) is 6.53. The molecule has 0 saturated heterocycles. The highest BCUT2D eigenvalue weighted by Crippen LogP contribution is 2.63. The molecule has 0 unspecified atom stereocenters. The Morgan fingerprint density at radius 1 is 0.943 bits per heavy atom. The van der Waals surface area contributed by atoms with Gasteiger partial charge in [-0.2, -0.15) is 0 Å². The number of ether oxygens (including phenoxy) is 5. The number of rotatable bonds is 5. The predicted molar refractivity (Wildman–Crippen MR) is 113 cm³/mol. The van der Waals surface area contributed by atoms with E-state index in [1.165, 1.54) is 13.8 Å². The molecule has 35 heavy (non-hydrogen) atoms. The first-order valence-corrected chi connectivity index (χ1v) is 11.1. The molecule has 2 saturated carbocycles. The van der Waals surface area contributed by atoms with Gasteiger partial charge in [-0.1, -0.05) is 0 Å². The Morgan fingerprint density at radius 3 is 2.06 bits per heavy atom. The zero-order valence-electron chi connectivity index (χ0n) is 20.5. The first kappa shape index (κ1) is 26.6. The number of esters is 5. The van der Waals surface area contributed by atoms with E-state index in [1.54, 1.807) is 0 Å². The fourth-order valence-electron chi connectivity index (χ4n) is 5.65. The molecule has 3 aliphatic rings. The molecule has 0 aromatic rings. The summed E-state index contributed by atoms with van der Waals surface area (Å²) < 4.78 is 27.3. The van der Waals surface area contributed by atoms with Crippen LogP contribution in [-0.4, -0.2) is 81.3 Å². The van der Waals surface area contributed by atoms with E-state index in [-0.39, 0.29) is 30.4 Å². The Hall–Kier alpha value is -2.99. The van der Waals surface area contributed by atoms with Gasteiger partial charge in [0.2, 0.25) is 5.60 Å². The van der Waals surface area contributed by atoms with Crippen LogP contribution in [0.5, 0.6) is 0 Å². The maximum atomic E-state index is 13.2. The summed E-state index contributed by atoms with van der Waals surface area (Å²) in [7, 11) is 0. The molecule has 3 rings (SSSR count). The molecule has 6 atom stereocenters. The van der Waals surface area contributed by atoms with Crippen molar-refractivity contribution >= 4 is 29.8 Å². The van der Waals surface area contributed by atoms with Crippen LogP contribution < -0.4 is 0 Å². The zero-order valence-corrected chi connectivity index (χ0v) is 20.5. The Labute approximate surface area is 201 Å². The van der Waals surface area contributed by atoms with E-state index < -0.39 is 71.1 Å². The Balaban J connectivity index is 2.40. The lowest BCUT2D eigenvalue weighted by Crippen LogP contribution is -2.82. The van der Waals surface area contributed by atoms with Crippen LogP contribution in [0.25, 0.3) is 0 Å². The molecule has 1 aliphatic heterocycles.